The van der Waals surface area contributed by atoms with Gasteiger partial charge in [0.15, 0.2) is 6.17 Å². The minimum absolute atomic E-state index is 0.0704. The smallest absolute Gasteiger partial charge is 0.219 e. The molecule has 1 aromatic rings. The zero-order valence-corrected chi connectivity index (χ0v) is 10.3. The summed E-state index contributed by atoms with van der Waals surface area (Å²) in [5, 5.41) is 28.8. The van der Waals surface area contributed by atoms with Crippen LogP contribution in [-0.2, 0) is 16.1 Å². The van der Waals surface area contributed by atoms with E-state index in [-0.39, 0.29) is 6.61 Å². The first-order valence-electron chi connectivity index (χ1n) is 6.01. The molecular formula is C13H17FO5. The molecule has 2 rings (SSSR count). The molecule has 1 heterocycles. The fourth-order valence-electron chi connectivity index (χ4n) is 1.99. The van der Waals surface area contributed by atoms with E-state index in [4.69, 9.17) is 14.6 Å². The number of aliphatic hydroxyl groups excluding tert-OH is 2. The van der Waals surface area contributed by atoms with Gasteiger partial charge in [0.1, 0.15) is 12.2 Å². The summed E-state index contributed by atoms with van der Waals surface area (Å²) in [5.74, 6) is -2.09. The minimum atomic E-state index is -2.09. The molecule has 0 unspecified atom stereocenters. The van der Waals surface area contributed by atoms with Gasteiger partial charge in [-0.25, -0.2) is 4.39 Å². The molecule has 1 aliphatic rings. The molecule has 0 spiro atoms. The van der Waals surface area contributed by atoms with Crippen LogP contribution < -0.4 is 0 Å². The lowest BCUT2D eigenvalue weighted by Crippen LogP contribution is -2.62. The number of hydrogen-bond acceptors (Lipinski definition) is 5. The van der Waals surface area contributed by atoms with E-state index in [0.29, 0.717) is 0 Å². The van der Waals surface area contributed by atoms with Gasteiger partial charge in [-0.05, 0) is 5.56 Å². The molecule has 0 amide bonds. The molecule has 1 saturated heterocycles. The van der Waals surface area contributed by atoms with Gasteiger partial charge in [-0.1, -0.05) is 30.3 Å². The standard InChI is InChI=1S/C13H17FO5/c14-10-7-19-13(17,8-15)12(11(10)16)18-6-9-4-2-1-3-5-9/h1-5,10-12,15-17H,6-8H2/t10-,11+,12-,13+/m0/s1. The van der Waals surface area contributed by atoms with Gasteiger partial charge in [-0.2, -0.15) is 0 Å². The Morgan fingerprint density at radius 2 is 2.05 bits per heavy atom. The minimum Gasteiger partial charge on any atom is -0.391 e. The second-order valence-corrected chi connectivity index (χ2v) is 4.54. The maximum atomic E-state index is 13.4. The van der Waals surface area contributed by atoms with Crippen LogP contribution in [0.4, 0.5) is 4.39 Å². The molecule has 1 aromatic carbocycles. The number of ether oxygens (including phenoxy) is 2. The second-order valence-electron chi connectivity index (χ2n) is 4.54. The number of rotatable bonds is 4. The highest BCUT2D eigenvalue weighted by Crippen LogP contribution is 2.28. The maximum absolute atomic E-state index is 13.4. The summed E-state index contributed by atoms with van der Waals surface area (Å²) >= 11 is 0. The summed E-state index contributed by atoms with van der Waals surface area (Å²) in [6.07, 6.45) is -4.55. The van der Waals surface area contributed by atoms with Gasteiger partial charge in [0.2, 0.25) is 5.79 Å². The summed E-state index contributed by atoms with van der Waals surface area (Å²) in [6, 6.07) is 9.04. The third kappa shape index (κ3) is 3.10. The lowest BCUT2D eigenvalue weighted by molar-refractivity contribution is -0.335. The van der Waals surface area contributed by atoms with E-state index in [1.165, 1.54) is 0 Å². The predicted molar refractivity (Wildman–Crippen MR) is 63.9 cm³/mol. The highest BCUT2D eigenvalue weighted by atomic mass is 19.1. The molecule has 0 aromatic heterocycles. The van der Waals surface area contributed by atoms with Gasteiger partial charge in [-0.15, -0.1) is 0 Å². The molecule has 3 N–H and O–H groups in total. The van der Waals surface area contributed by atoms with Crippen LogP contribution >= 0.6 is 0 Å². The van der Waals surface area contributed by atoms with Gasteiger partial charge in [0.25, 0.3) is 0 Å². The molecule has 0 bridgehead atoms. The van der Waals surface area contributed by atoms with Crippen molar-refractivity contribution in [2.24, 2.45) is 0 Å². The quantitative estimate of drug-likeness (QED) is 0.718. The van der Waals surface area contributed by atoms with E-state index < -0.39 is 37.4 Å². The Hall–Kier alpha value is -1.05. The summed E-state index contributed by atoms with van der Waals surface area (Å²) in [5.41, 5.74) is 0.802. The van der Waals surface area contributed by atoms with Gasteiger partial charge < -0.3 is 24.8 Å². The molecule has 0 aliphatic carbocycles. The Kier molecular flexibility index (Phi) is 4.49. The Bertz CT molecular complexity index is 401. The maximum Gasteiger partial charge on any atom is 0.219 e. The number of hydrogen-bond donors (Lipinski definition) is 3. The monoisotopic (exact) mass is 272 g/mol. The molecule has 1 fully saturated rings. The number of halogens is 1. The van der Waals surface area contributed by atoms with Crippen LogP contribution in [0.15, 0.2) is 30.3 Å². The molecule has 4 atom stereocenters. The largest absolute Gasteiger partial charge is 0.391 e. The summed E-state index contributed by atoms with van der Waals surface area (Å²) < 4.78 is 23.6. The van der Waals surface area contributed by atoms with Crippen LogP contribution in [-0.4, -0.2) is 52.7 Å². The van der Waals surface area contributed by atoms with E-state index in [1.54, 1.807) is 12.1 Å². The van der Waals surface area contributed by atoms with E-state index in [2.05, 4.69) is 0 Å². The van der Waals surface area contributed by atoms with E-state index in [9.17, 15) is 14.6 Å². The molecule has 6 heteroatoms. The highest BCUT2D eigenvalue weighted by molar-refractivity contribution is 5.13. The second kappa shape index (κ2) is 5.94. The fraction of sp³-hybridized carbons (Fsp3) is 0.538. The Morgan fingerprint density at radius 3 is 2.68 bits per heavy atom. The number of aliphatic hydroxyl groups is 3. The molecule has 1 aliphatic heterocycles. The first-order valence-corrected chi connectivity index (χ1v) is 6.01. The molecule has 0 radical (unpaired) electrons. The van der Waals surface area contributed by atoms with E-state index >= 15 is 0 Å². The van der Waals surface area contributed by atoms with Crippen molar-refractivity contribution in [3.63, 3.8) is 0 Å². The van der Waals surface area contributed by atoms with E-state index in [1.807, 2.05) is 18.2 Å². The number of alkyl halides is 1. The van der Waals surface area contributed by atoms with Crippen LogP contribution in [0.1, 0.15) is 5.56 Å². The van der Waals surface area contributed by atoms with Crippen LogP contribution in [0.25, 0.3) is 0 Å². The van der Waals surface area contributed by atoms with Crippen molar-refractivity contribution in [3.05, 3.63) is 35.9 Å². The van der Waals surface area contributed by atoms with Crippen molar-refractivity contribution >= 4 is 0 Å². The first-order chi connectivity index (χ1) is 9.07. The van der Waals surface area contributed by atoms with Gasteiger partial charge in [0, 0.05) is 0 Å². The molecule has 19 heavy (non-hydrogen) atoms. The molecular weight excluding hydrogens is 255 g/mol. The highest BCUT2D eigenvalue weighted by Gasteiger charge is 2.50. The average molecular weight is 272 g/mol. The lowest BCUT2D eigenvalue weighted by Gasteiger charge is -2.42. The summed E-state index contributed by atoms with van der Waals surface area (Å²) in [4.78, 5) is 0. The van der Waals surface area contributed by atoms with Crippen molar-refractivity contribution in [2.75, 3.05) is 13.2 Å². The van der Waals surface area contributed by atoms with Crippen LogP contribution in [0.3, 0.4) is 0 Å². The lowest BCUT2D eigenvalue weighted by atomic mass is 9.98. The average Bonchev–Trinajstić information content (AvgIpc) is 2.44. The van der Waals surface area contributed by atoms with Crippen LogP contribution in [0.5, 0.6) is 0 Å². The molecule has 106 valence electrons. The van der Waals surface area contributed by atoms with Gasteiger partial charge in [-0.3, -0.25) is 0 Å². The zero-order valence-electron chi connectivity index (χ0n) is 10.3. The fourth-order valence-corrected chi connectivity index (χ4v) is 1.99. The Labute approximate surface area is 110 Å². The number of benzene rings is 1. The normalized spacial score (nSPS) is 35.3. The van der Waals surface area contributed by atoms with Crippen LogP contribution in [0, 0.1) is 0 Å². The third-order valence-electron chi connectivity index (χ3n) is 3.12. The first kappa shape index (κ1) is 14.4. The zero-order chi connectivity index (χ0) is 13.9. The SMILES string of the molecule is OC[C@@]1(O)OC[C@H](F)[C@@H](O)[C@@H]1OCc1ccccc1. The summed E-state index contributed by atoms with van der Waals surface area (Å²) in [7, 11) is 0. The molecule has 0 saturated carbocycles. The van der Waals surface area contributed by atoms with Crippen molar-refractivity contribution in [2.45, 2.75) is 30.8 Å². The third-order valence-corrected chi connectivity index (χ3v) is 3.12. The Morgan fingerprint density at radius 1 is 1.37 bits per heavy atom. The summed E-state index contributed by atoms with van der Waals surface area (Å²) in [6.45, 7) is -1.19. The van der Waals surface area contributed by atoms with Gasteiger partial charge in [0.05, 0.1) is 19.8 Å². The van der Waals surface area contributed by atoms with Crippen molar-refractivity contribution in [3.8, 4) is 0 Å². The molecule has 5 nitrogen and oxygen atoms in total. The van der Waals surface area contributed by atoms with Crippen molar-refractivity contribution in [1.29, 1.82) is 0 Å². The van der Waals surface area contributed by atoms with Crippen LogP contribution in [0.2, 0.25) is 0 Å². The topological polar surface area (TPSA) is 79.2 Å². The van der Waals surface area contributed by atoms with Gasteiger partial charge >= 0.3 is 0 Å². The predicted octanol–water partition coefficient (Wildman–Crippen LogP) is -0.0181. The van der Waals surface area contributed by atoms with Crippen molar-refractivity contribution in [1.82, 2.24) is 0 Å². The van der Waals surface area contributed by atoms with Crippen molar-refractivity contribution < 1.29 is 29.2 Å². The van der Waals surface area contributed by atoms with E-state index in [0.717, 1.165) is 5.56 Å². The Balaban J connectivity index is 2.06.